The fourth-order valence-electron chi connectivity index (χ4n) is 4.26. The van der Waals surface area contributed by atoms with Gasteiger partial charge in [0.15, 0.2) is 0 Å². The van der Waals surface area contributed by atoms with E-state index in [2.05, 4.69) is 25.0 Å². The Labute approximate surface area is 209 Å². The number of pyridine rings is 2. The van der Waals surface area contributed by atoms with Gasteiger partial charge in [0.25, 0.3) is 0 Å². The molecule has 36 heavy (non-hydrogen) atoms. The largest absolute Gasteiger partial charge is 0.444 e. The molecule has 0 unspecified atom stereocenters. The number of aromatic amines is 1. The molecule has 0 atom stereocenters. The van der Waals surface area contributed by atoms with Gasteiger partial charge in [0, 0.05) is 42.8 Å². The molecular formula is C26H30N8O2. The Kier molecular flexibility index (Phi) is 6.17. The van der Waals surface area contributed by atoms with E-state index in [9.17, 15) is 4.79 Å². The number of anilines is 1. The maximum absolute atomic E-state index is 12.4. The van der Waals surface area contributed by atoms with Crippen molar-refractivity contribution in [3.05, 3.63) is 55.2 Å². The summed E-state index contributed by atoms with van der Waals surface area (Å²) in [6.45, 7) is 6.92. The van der Waals surface area contributed by atoms with Gasteiger partial charge in [-0.2, -0.15) is 5.10 Å². The first-order chi connectivity index (χ1) is 17.3. The summed E-state index contributed by atoms with van der Waals surface area (Å²) in [7, 11) is 0. The molecule has 10 heteroatoms. The average molecular weight is 487 g/mol. The molecular weight excluding hydrogens is 456 g/mol. The maximum atomic E-state index is 12.4. The van der Waals surface area contributed by atoms with Gasteiger partial charge in [0.1, 0.15) is 17.2 Å². The van der Waals surface area contributed by atoms with Gasteiger partial charge in [-0.25, -0.2) is 14.8 Å². The van der Waals surface area contributed by atoms with Crippen molar-refractivity contribution in [3.63, 3.8) is 0 Å². The molecule has 0 aromatic carbocycles. The molecule has 10 nitrogen and oxygen atoms in total. The van der Waals surface area contributed by atoms with Crippen LogP contribution in [-0.4, -0.2) is 59.4 Å². The number of carbonyl (C=O) groups is 1. The number of nitrogens with one attached hydrogen (secondary N) is 1. The number of H-pyrrole nitrogens is 1. The number of hydrogen-bond acceptors (Lipinski definition) is 7. The van der Waals surface area contributed by atoms with Gasteiger partial charge in [0.2, 0.25) is 0 Å². The first kappa shape index (κ1) is 23.5. The van der Waals surface area contributed by atoms with Crippen LogP contribution in [0.4, 0.5) is 10.6 Å². The third kappa shape index (κ3) is 5.07. The number of carbonyl (C=O) groups excluding carboxylic acids is 1. The lowest BCUT2D eigenvalue weighted by atomic mass is 10.1. The lowest BCUT2D eigenvalue weighted by Crippen LogP contribution is -2.42. The van der Waals surface area contributed by atoms with E-state index in [1.807, 2.05) is 62.1 Å². The Bertz CT molecular complexity index is 1350. The molecule has 0 saturated carbocycles. The van der Waals surface area contributed by atoms with Gasteiger partial charge in [0.05, 0.1) is 35.4 Å². The second-order valence-electron chi connectivity index (χ2n) is 9.92. The third-order valence-corrected chi connectivity index (χ3v) is 6.12. The van der Waals surface area contributed by atoms with E-state index in [0.29, 0.717) is 30.3 Å². The fraction of sp³-hybridized carbons (Fsp3) is 0.346. The zero-order chi connectivity index (χ0) is 25.3. The van der Waals surface area contributed by atoms with E-state index in [4.69, 9.17) is 10.5 Å². The van der Waals surface area contributed by atoms with Crippen molar-refractivity contribution in [3.8, 4) is 33.9 Å². The molecule has 4 aromatic rings. The molecule has 0 spiro atoms. The molecule has 0 radical (unpaired) electrons. The molecule has 4 aromatic heterocycles. The van der Waals surface area contributed by atoms with Crippen LogP contribution in [0.3, 0.4) is 0 Å². The van der Waals surface area contributed by atoms with Gasteiger partial charge < -0.3 is 20.4 Å². The Balaban J connectivity index is 1.30. The van der Waals surface area contributed by atoms with Gasteiger partial charge in [-0.05, 0) is 51.8 Å². The highest BCUT2D eigenvalue weighted by Crippen LogP contribution is 2.30. The molecule has 5 rings (SSSR count). The van der Waals surface area contributed by atoms with Crippen LogP contribution in [0.5, 0.6) is 0 Å². The lowest BCUT2D eigenvalue weighted by Gasteiger charge is -2.33. The molecule has 0 bridgehead atoms. The number of rotatable bonds is 4. The van der Waals surface area contributed by atoms with Crippen molar-refractivity contribution >= 4 is 11.9 Å². The molecule has 1 aliphatic heterocycles. The lowest BCUT2D eigenvalue weighted by molar-refractivity contribution is 0.0185. The van der Waals surface area contributed by atoms with E-state index in [1.165, 1.54) is 0 Å². The van der Waals surface area contributed by atoms with E-state index < -0.39 is 5.60 Å². The molecule has 1 saturated heterocycles. The smallest absolute Gasteiger partial charge is 0.410 e. The number of piperidine rings is 1. The number of likely N-dealkylation sites (tertiary alicyclic amines) is 1. The number of nitrogen functional groups attached to an aromatic ring is 1. The summed E-state index contributed by atoms with van der Waals surface area (Å²) >= 11 is 0. The molecule has 1 aliphatic rings. The minimum atomic E-state index is -0.494. The molecule has 1 fully saturated rings. The topological polar surface area (TPSA) is 128 Å². The summed E-state index contributed by atoms with van der Waals surface area (Å²) in [5.74, 6) is 1.02. The van der Waals surface area contributed by atoms with E-state index in [1.54, 1.807) is 23.5 Å². The van der Waals surface area contributed by atoms with Crippen molar-refractivity contribution in [2.75, 3.05) is 18.8 Å². The van der Waals surface area contributed by atoms with Crippen molar-refractivity contribution in [2.45, 2.75) is 45.3 Å². The summed E-state index contributed by atoms with van der Waals surface area (Å²) in [5, 5.41) is 4.61. The van der Waals surface area contributed by atoms with Crippen LogP contribution in [0.15, 0.2) is 55.2 Å². The van der Waals surface area contributed by atoms with E-state index in [-0.39, 0.29) is 12.1 Å². The Morgan fingerprint density at radius 3 is 2.61 bits per heavy atom. The summed E-state index contributed by atoms with van der Waals surface area (Å²) < 4.78 is 7.48. The third-order valence-electron chi connectivity index (χ3n) is 6.12. The van der Waals surface area contributed by atoms with E-state index in [0.717, 1.165) is 35.4 Å². The number of ether oxygens (including phenoxy) is 1. The molecule has 5 heterocycles. The van der Waals surface area contributed by atoms with Gasteiger partial charge >= 0.3 is 6.09 Å². The summed E-state index contributed by atoms with van der Waals surface area (Å²) in [4.78, 5) is 30.7. The molecule has 3 N–H and O–H groups in total. The van der Waals surface area contributed by atoms with Crippen LogP contribution < -0.4 is 5.73 Å². The normalized spacial score (nSPS) is 14.7. The predicted molar refractivity (Wildman–Crippen MR) is 137 cm³/mol. The van der Waals surface area contributed by atoms with Gasteiger partial charge in [-0.1, -0.05) is 6.07 Å². The molecule has 1 amide bonds. The first-order valence-electron chi connectivity index (χ1n) is 12.0. The monoisotopic (exact) mass is 486 g/mol. The minimum absolute atomic E-state index is 0.213. The van der Waals surface area contributed by atoms with E-state index >= 15 is 0 Å². The maximum Gasteiger partial charge on any atom is 0.410 e. The molecule has 186 valence electrons. The number of nitrogens with zero attached hydrogens (tertiary/aromatic N) is 6. The van der Waals surface area contributed by atoms with Crippen molar-refractivity contribution < 1.29 is 9.53 Å². The zero-order valence-electron chi connectivity index (χ0n) is 20.7. The zero-order valence-corrected chi connectivity index (χ0v) is 20.7. The van der Waals surface area contributed by atoms with Gasteiger partial charge in [-0.3, -0.25) is 9.67 Å². The van der Waals surface area contributed by atoms with Crippen LogP contribution in [0.2, 0.25) is 0 Å². The number of nitrogens with two attached hydrogens (primary N) is 1. The van der Waals surface area contributed by atoms with Crippen LogP contribution in [0.25, 0.3) is 33.9 Å². The highest BCUT2D eigenvalue weighted by Gasteiger charge is 2.28. The summed E-state index contributed by atoms with van der Waals surface area (Å²) in [6.07, 6.45) is 10.4. The van der Waals surface area contributed by atoms with Gasteiger partial charge in [-0.15, -0.1) is 0 Å². The first-order valence-corrected chi connectivity index (χ1v) is 12.0. The van der Waals surface area contributed by atoms with Crippen LogP contribution >= 0.6 is 0 Å². The standard InChI is InChI=1S/C26H30N8O2/c1-26(2,3)36-25(35)33-10-7-19(8-11-33)34-16-18(14-31-34)17-12-20(23(27)29-13-17)24-30-15-22(32-24)21-6-4-5-9-28-21/h4-6,9,12-16,19H,7-8,10-11H2,1-3H3,(H2,27,29)(H,30,32). The highest BCUT2D eigenvalue weighted by atomic mass is 16.6. The van der Waals surface area contributed by atoms with Crippen molar-refractivity contribution in [1.82, 2.24) is 34.6 Å². The Morgan fingerprint density at radius 1 is 1.08 bits per heavy atom. The predicted octanol–water partition coefficient (Wildman–Crippen LogP) is 4.55. The van der Waals surface area contributed by atoms with Crippen LogP contribution in [0, 0.1) is 0 Å². The Morgan fingerprint density at radius 2 is 1.89 bits per heavy atom. The SMILES string of the molecule is CC(C)(C)OC(=O)N1CCC(n2cc(-c3cnc(N)c(-c4ncc(-c5ccccn5)[nH]4)c3)cn2)CC1. The number of imidazole rings is 1. The highest BCUT2D eigenvalue weighted by molar-refractivity contribution is 5.76. The quantitative estimate of drug-likeness (QED) is 0.433. The van der Waals surface area contributed by atoms with Crippen LogP contribution in [-0.2, 0) is 4.74 Å². The summed E-state index contributed by atoms with van der Waals surface area (Å²) in [6, 6.07) is 7.90. The molecule has 0 aliphatic carbocycles. The number of amides is 1. The second-order valence-corrected chi connectivity index (χ2v) is 9.92. The Hall–Kier alpha value is -4.21. The van der Waals surface area contributed by atoms with Crippen LogP contribution in [0.1, 0.15) is 39.7 Å². The average Bonchev–Trinajstić information content (AvgIpc) is 3.55. The second kappa shape index (κ2) is 9.44. The number of aromatic nitrogens is 6. The van der Waals surface area contributed by atoms with Crippen molar-refractivity contribution in [1.29, 1.82) is 0 Å². The number of hydrogen-bond donors (Lipinski definition) is 2. The summed E-state index contributed by atoms with van der Waals surface area (Å²) in [5.41, 5.74) is 9.86. The fourth-order valence-corrected chi connectivity index (χ4v) is 4.26. The minimum Gasteiger partial charge on any atom is -0.444 e. The van der Waals surface area contributed by atoms with Crippen molar-refractivity contribution in [2.24, 2.45) is 0 Å².